The molecule has 2 aromatic carbocycles. The van der Waals surface area contributed by atoms with Gasteiger partial charge in [-0.25, -0.2) is 4.79 Å². The highest BCUT2D eigenvalue weighted by Gasteiger charge is 2.38. The van der Waals surface area contributed by atoms with Crippen LogP contribution in [0.4, 0.5) is 23.7 Å². The van der Waals surface area contributed by atoms with E-state index in [2.05, 4.69) is 10.2 Å². The van der Waals surface area contributed by atoms with Gasteiger partial charge in [0, 0.05) is 24.3 Å². The van der Waals surface area contributed by atoms with E-state index < -0.39 is 12.1 Å². The van der Waals surface area contributed by atoms with Crippen molar-refractivity contribution in [2.75, 3.05) is 18.0 Å². The van der Waals surface area contributed by atoms with E-state index in [4.69, 9.17) is 4.42 Å². The molecule has 156 valence electrons. The highest BCUT2D eigenvalue weighted by Crippen LogP contribution is 2.30. The predicted octanol–water partition coefficient (Wildman–Crippen LogP) is 4.98. The molecule has 3 aromatic rings. The number of carbonyl (C=O) groups is 1. The lowest BCUT2D eigenvalue weighted by Gasteiger charge is -2.28. The van der Waals surface area contributed by atoms with Gasteiger partial charge in [-0.1, -0.05) is 30.3 Å². The van der Waals surface area contributed by atoms with Crippen molar-refractivity contribution in [3.8, 4) is 11.5 Å². The van der Waals surface area contributed by atoms with E-state index in [1.54, 1.807) is 29.2 Å². The molecule has 0 bridgehead atoms. The Balaban J connectivity index is 1.54. The van der Waals surface area contributed by atoms with E-state index in [1.807, 2.05) is 35.2 Å². The van der Waals surface area contributed by atoms with E-state index in [9.17, 15) is 18.0 Å². The number of urea groups is 1. The number of halogens is 3. The molecule has 0 saturated carbocycles. The monoisotopic (exact) mass is 416 g/mol. The average Bonchev–Trinajstić information content (AvgIpc) is 3.45. The fourth-order valence-electron chi connectivity index (χ4n) is 3.35. The molecule has 1 aliphatic heterocycles. The van der Waals surface area contributed by atoms with Gasteiger partial charge in [0.15, 0.2) is 0 Å². The highest BCUT2D eigenvalue weighted by atomic mass is 19.4. The zero-order valence-electron chi connectivity index (χ0n) is 16.0. The number of carbonyl (C=O) groups excluding carboxylic acids is 1. The largest absolute Gasteiger partial charge is 0.470 e. The van der Waals surface area contributed by atoms with Crippen molar-refractivity contribution in [2.24, 2.45) is 0 Å². The second-order valence-corrected chi connectivity index (χ2v) is 7.01. The summed E-state index contributed by atoms with van der Waals surface area (Å²) >= 11 is 0. The lowest BCUT2D eigenvalue weighted by molar-refractivity contribution is -0.156. The SMILES string of the molecule is O=C(N1CCCC1)N(Cc1ccc(-c2nnc(C(F)(F)F)o2)cc1)c1ccccc1. The van der Waals surface area contributed by atoms with Gasteiger partial charge in [0.25, 0.3) is 0 Å². The molecule has 30 heavy (non-hydrogen) atoms. The van der Waals surface area contributed by atoms with Crippen LogP contribution in [0.25, 0.3) is 11.5 Å². The van der Waals surface area contributed by atoms with Gasteiger partial charge >= 0.3 is 18.1 Å². The fraction of sp³-hybridized carbons (Fsp3) is 0.286. The van der Waals surface area contributed by atoms with E-state index in [0.29, 0.717) is 12.1 Å². The Morgan fingerprint density at radius 1 is 1.00 bits per heavy atom. The number of rotatable bonds is 4. The van der Waals surface area contributed by atoms with Crippen molar-refractivity contribution in [1.82, 2.24) is 15.1 Å². The summed E-state index contributed by atoms with van der Waals surface area (Å²) in [7, 11) is 0. The van der Waals surface area contributed by atoms with Crippen LogP contribution in [0.1, 0.15) is 24.3 Å². The van der Waals surface area contributed by atoms with Gasteiger partial charge in [-0.3, -0.25) is 4.90 Å². The van der Waals surface area contributed by atoms with Crippen LogP contribution in [0.2, 0.25) is 0 Å². The third kappa shape index (κ3) is 4.29. The maximum atomic E-state index is 13.0. The quantitative estimate of drug-likeness (QED) is 0.602. The third-order valence-corrected chi connectivity index (χ3v) is 4.88. The average molecular weight is 416 g/mol. The van der Waals surface area contributed by atoms with Crippen LogP contribution in [-0.2, 0) is 12.7 Å². The first-order valence-electron chi connectivity index (χ1n) is 9.53. The Morgan fingerprint density at radius 2 is 1.67 bits per heavy atom. The van der Waals surface area contributed by atoms with Crippen LogP contribution in [0.5, 0.6) is 0 Å². The van der Waals surface area contributed by atoms with Gasteiger partial charge < -0.3 is 9.32 Å². The normalized spacial score (nSPS) is 14.2. The number of hydrogen-bond donors (Lipinski definition) is 0. The summed E-state index contributed by atoms with van der Waals surface area (Å²) in [5, 5.41) is 6.51. The maximum absolute atomic E-state index is 13.0. The number of hydrogen-bond acceptors (Lipinski definition) is 4. The lowest BCUT2D eigenvalue weighted by atomic mass is 10.1. The van der Waals surface area contributed by atoms with E-state index in [1.165, 1.54) is 0 Å². The predicted molar refractivity (Wildman–Crippen MR) is 104 cm³/mol. The fourth-order valence-corrected chi connectivity index (χ4v) is 3.35. The van der Waals surface area contributed by atoms with Gasteiger partial charge in [0.1, 0.15) is 0 Å². The summed E-state index contributed by atoms with van der Waals surface area (Å²) in [4.78, 5) is 16.6. The lowest BCUT2D eigenvalue weighted by Crippen LogP contribution is -2.41. The minimum Gasteiger partial charge on any atom is -0.413 e. The van der Waals surface area contributed by atoms with Crippen molar-refractivity contribution in [1.29, 1.82) is 0 Å². The smallest absolute Gasteiger partial charge is 0.413 e. The summed E-state index contributed by atoms with van der Waals surface area (Å²) in [5.41, 5.74) is 1.98. The van der Waals surface area contributed by atoms with Crippen molar-refractivity contribution in [3.05, 3.63) is 66.1 Å². The number of alkyl halides is 3. The molecule has 1 saturated heterocycles. The summed E-state index contributed by atoms with van der Waals surface area (Å²) < 4.78 is 42.7. The molecule has 0 unspecified atom stereocenters. The number of aromatic nitrogens is 2. The molecule has 0 spiro atoms. The Labute approximate surface area is 170 Å². The standard InChI is InChI=1S/C21H19F3N4O2/c22-21(23,24)19-26-25-18(30-19)16-10-8-15(9-11-16)14-28(17-6-2-1-3-7-17)20(29)27-12-4-5-13-27/h1-3,6-11H,4-5,12-14H2. The molecule has 2 heterocycles. The van der Waals surface area contributed by atoms with Crippen LogP contribution in [-0.4, -0.2) is 34.2 Å². The number of anilines is 1. The molecule has 1 aliphatic rings. The number of nitrogens with zero attached hydrogens (tertiary/aromatic N) is 4. The number of likely N-dealkylation sites (tertiary alicyclic amines) is 1. The second kappa shape index (κ2) is 8.17. The number of amides is 2. The molecule has 0 atom stereocenters. The molecule has 4 rings (SSSR count). The molecule has 1 fully saturated rings. The Bertz CT molecular complexity index is 997. The van der Waals surface area contributed by atoms with Crippen LogP contribution in [0, 0.1) is 0 Å². The molecule has 0 aliphatic carbocycles. The molecular formula is C21H19F3N4O2. The van der Waals surface area contributed by atoms with Crippen LogP contribution >= 0.6 is 0 Å². The van der Waals surface area contributed by atoms with Crippen LogP contribution in [0.3, 0.4) is 0 Å². The first-order valence-corrected chi connectivity index (χ1v) is 9.53. The van der Waals surface area contributed by atoms with Gasteiger partial charge in [-0.05, 0) is 42.7 Å². The van der Waals surface area contributed by atoms with Gasteiger partial charge in [0.2, 0.25) is 5.89 Å². The Hall–Kier alpha value is -3.36. The van der Waals surface area contributed by atoms with Crippen molar-refractivity contribution >= 4 is 11.7 Å². The van der Waals surface area contributed by atoms with E-state index in [-0.39, 0.29) is 11.9 Å². The Kier molecular flexibility index (Phi) is 5.43. The minimum atomic E-state index is -4.68. The first kappa shape index (κ1) is 19.9. The highest BCUT2D eigenvalue weighted by molar-refractivity contribution is 5.92. The van der Waals surface area contributed by atoms with Gasteiger partial charge in [-0.15, -0.1) is 10.2 Å². The topological polar surface area (TPSA) is 62.5 Å². The molecule has 0 N–H and O–H groups in total. The molecule has 2 amide bonds. The number of benzene rings is 2. The van der Waals surface area contributed by atoms with Gasteiger partial charge in [0.05, 0.1) is 6.54 Å². The second-order valence-electron chi connectivity index (χ2n) is 7.01. The van der Waals surface area contributed by atoms with Crippen LogP contribution < -0.4 is 4.90 Å². The van der Waals surface area contributed by atoms with E-state index in [0.717, 1.165) is 37.2 Å². The summed E-state index contributed by atoms with van der Waals surface area (Å²) in [5.74, 6) is -1.59. The zero-order chi connectivity index (χ0) is 21.1. The third-order valence-electron chi connectivity index (χ3n) is 4.88. The first-order chi connectivity index (χ1) is 14.4. The maximum Gasteiger partial charge on any atom is 0.470 e. The molecule has 1 aromatic heterocycles. The minimum absolute atomic E-state index is 0.0607. The molecular weight excluding hydrogens is 397 g/mol. The van der Waals surface area contributed by atoms with Crippen molar-refractivity contribution < 1.29 is 22.4 Å². The summed E-state index contributed by atoms with van der Waals surface area (Å²) in [6.45, 7) is 1.80. The Morgan fingerprint density at radius 3 is 2.27 bits per heavy atom. The summed E-state index contributed by atoms with van der Waals surface area (Å²) in [6, 6.07) is 16.0. The van der Waals surface area contributed by atoms with Crippen molar-refractivity contribution in [3.63, 3.8) is 0 Å². The van der Waals surface area contributed by atoms with Gasteiger partial charge in [-0.2, -0.15) is 13.2 Å². The summed E-state index contributed by atoms with van der Waals surface area (Å²) in [6.07, 6.45) is -2.70. The molecule has 6 nitrogen and oxygen atoms in total. The number of para-hydroxylation sites is 1. The van der Waals surface area contributed by atoms with Crippen LogP contribution in [0.15, 0.2) is 59.0 Å². The van der Waals surface area contributed by atoms with Crippen molar-refractivity contribution in [2.45, 2.75) is 25.6 Å². The van der Waals surface area contributed by atoms with E-state index >= 15 is 0 Å². The molecule has 0 radical (unpaired) electrons. The molecule has 9 heteroatoms. The zero-order valence-corrected chi connectivity index (χ0v) is 16.0.